The van der Waals surface area contributed by atoms with Crippen molar-refractivity contribution in [3.05, 3.63) is 88.5 Å². The first-order valence-electron chi connectivity index (χ1n) is 10.3. The number of phenolic OH excluding ortho intramolecular Hbond substituents is 1. The number of carbonyl (C=O) groups is 1. The molecular weight excluding hydrogens is 499 g/mol. The Balaban J connectivity index is 2.02. The molecule has 1 aromatic heterocycles. The number of benzene rings is 2. The van der Waals surface area contributed by atoms with Gasteiger partial charge >= 0.3 is 5.97 Å². The molecule has 1 aliphatic heterocycles. The third kappa shape index (κ3) is 4.24. The number of esters is 1. The van der Waals surface area contributed by atoms with Crippen LogP contribution in [0.3, 0.4) is 0 Å². The first-order chi connectivity index (χ1) is 16.3. The number of nitrogens with zero attached hydrogens (tertiary/aromatic N) is 2. The summed E-state index contributed by atoms with van der Waals surface area (Å²) in [6, 6.07) is 9.26. The van der Waals surface area contributed by atoms with Crippen LogP contribution in [0.5, 0.6) is 11.5 Å². The highest BCUT2D eigenvalue weighted by Crippen LogP contribution is 2.36. The number of allylic oxidation sites excluding steroid dienone is 1. The molecule has 0 fully saturated rings. The van der Waals surface area contributed by atoms with Crippen LogP contribution in [0.2, 0.25) is 10.0 Å². The zero-order valence-electron chi connectivity index (χ0n) is 18.5. The Bertz CT molecular complexity index is 1510. The van der Waals surface area contributed by atoms with Gasteiger partial charge in [-0.25, -0.2) is 9.79 Å². The summed E-state index contributed by atoms with van der Waals surface area (Å²) >= 11 is 13.2. The van der Waals surface area contributed by atoms with Crippen molar-refractivity contribution in [2.45, 2.75) is 19.9 Å². The summed E-state index contributed by atoms with van der Waals surface area (Å²) in [5.74, 6) is -0.243. The largest absolute Gasteiger partial charge is 0.506 e. The van der Waals surface area contributed by atoms with Gasteiger partial charge in [0.05, 0.1) is 34.5 Å². The molecule has 1 aliphatic rings. The van der Waals surface area contributed by atoms with Gasteiger partial charge in [-0.05, 0) is 38.1 Å². The highest BCUT2D eigenvalue weighted by Gasteiger charge is 2.34. The summed E-state index contributed by atoms with van der Waals surface area (Å²) in [6.07, 6.45) is 1.50. The molecule has 34 heavy (non-hydrogen) atoms. The van der Waals surface area contributed by atoms with Gasteiger partial charge in [0.15, 0.2) is 4.80 Å². The van der Waals surface area contributed by atoms with Gasteiger partial charge in [-0.15, -0.1) is 0 Å². The number of rotatable bonds is 5. The molecule has 1 N–H and O–H groups in total. The van der Waals surface area contributed by atoms with Gasteiger partial charge < -0.3 is 14.6 Å². The number of phenols is 1. The molecule has 0 bridgehead atoms. The predicted molar refractivity (Wildman–Crippen MR) is 132 cm³/mol. The fraction of sp³-hybridized carbons (Fsp3) is 0.208. The van der Waals surface area contributed by atoms with Crippen molar-refractivity contribution in [1.29, 1.82) is 0 Å². The average molecular weight is 519 g/mol. The quantitative estimate of drug-likeness (QED) is 0.518. The lowest BCUT2D eigenvalue weighted by atomic mass is 9.95. The molecular formula is C24H20Cl2N2O5S. The third-order valence-corrected chi connectivity index (χ3v) is 6.78. The van der Waals surface area contributed by atoms with Crippen LogP contribution in [0.1, 0.15) is 31.0 Å². The van der Waals surface area contributed by atoms with Crippen molar-refractivity contribution in [2.75, 3.05) is 13.7 Å². The normalized spacial score (nSPS) is 15.7. The van der Waals surface area contributed by atoms with Crippen LogP contribution in [0, 0.1) is 0 Å². The number of carbonyl (C=O) groups excluding carboxylic acids is 1. The van der Waals surface area contributed by atoms with Gasteiger partial charge in [0.25, 0.3) is 5.56 Å². The lowest BCUT2D eigenvalue weighted by molar-refractivity contribution is -0.139. The number of hydrogen-bond acceptors (Lipinski definition) is 7. The minimum absolute atomic E-state index is 0.0684. The Kier molecular flexibility index (Phi) is 6.84. The van der Waals surface area contributed by atoms with Crippen LogP contribution in [0.15, 0.2) is 57.5 Å². The number of aromatic nitrogens is 1. The second kappa shape index (κ2) is 9.66. The molecule has 0 spiro atoms. The Morgan fingerprint density at radius 3 is 2.74 bits per heavy atom. The fourth-order valence-corrected chi connectivity index (χ4v) is 5.36. The first-order valence-corrected chi connectivity index (χ1v) is 11.8. The molecule has 4 rings (SSSR count). The number of halogens is 2. The van der Waals surface area contributed by atoms with Crippen LogP contribution in [0.25, 0.3) is 6.08 Å². The van der Waals surface area contributed by atoms with Crippen LogP contribution < -0.4 is 19.6 Å². The maximum Gasteiger partial charge on any atom is 0.338 e. The highest BCUT2D eigenvalue weighted by atomic mass is 35.5. The highest BCUT2D eigenvalue weighted by molar-refractivity contribution is 7.07. The van der Waals surface area contributed by atoms with Crippen molar-refractivity contribution in [1.82, 2.24) is 4.57 Å². The SMILES string of the molecule is CCOC(=O)C1=C(C)N=c2s/c(=C\c3cc(Cl)cc(Cl)c3O)c(=O)n2[C@H]1c1ccccc1OC. The smallest absolute Gasteiger partial charge is 0.338 e. The standard InChI is InChI=1S/C24H20Cl2N2O5S/c1-4-33-23(31)19-12(2)27-24-28(20(19)15-7-5-6-8-17(15)32-3)22(30)18(34-24)10-13-9-14(25)11-16(26)21(13)29/h5-11,20,29H,4H2,1-3H3/b18-10-/t20-/m0/s1. The van der Waals surface area contributed by atoms with E-state index in [1.807, 2.05) is 0 Å². The van der Waals surface area contributed by atoms with E-state index in [0.29, 0.717) is 26.8 Å². The molecule has 0 radical (unpaired) electrons. The predicted octanol–water partition coefficient (Wildman–Crippen LogP) is 3.82. The third-order valence-electron chi connectivity index (χ3n) is 5.29. The van der Waals surface area contributed by atoms with Crippen molar-refractivity contribution in [2.24, 2.45) is 4.99 Å². The number of aromatic hydroxyl groups is 1. The van der Waals surface area contributed by atoms with E-state index < -0.39 is 17.6 Å². The Morgan fingerprint density at radius 1 is 1.29 bits per heavy atom. The van der Waals surface area contributed by atoms with E-state index >= 15 is 0 Å². The maximum absolute atomic E-state index is 13.6. The summed E-state index contributed by atoms with van der Waals surface area (Å²) in [5, 5.41) is 10.7. The van der Waals surface area contributed by atoms with Crippen LogP contribution in [0.4, 0.5) is 0 Å². The summed E-state index contributed by atoms with van der Waals surface area (Å²) in [7, 11) is 1.52. The summed E-state index contributed by atoms with van der Waals surface area (Å²) in [4.78, 5) is 31.5. The summed E-state index contributed by atoms with van der Waals surface area (Å²) in [6.45, 7) is 3.59. The van der Waals surface area contributed by atoms with Crippen molar-refractivity contribution < 1.29 is 19.4 Å². The van der Waals surface area contributed by atoms with E-state index in [2.05, 4.69) is 4.99 Å². The Labute approximate surface area is 208 Å². The summed E-state index contributed by atoms with van der Waals surface area (Å²) in [5.41, 5.74) is 1.20. The molecule has 7 nitrogen and oxygen atoms in total. The monoisotopic (exact) mass is 518 g/mol. The number of fused-ring (bicyclic) bond motifs is 1. The van der Waals surface area contributed by atoms with Gasteiger partial charge in [0.2, 0.25) is 0 Å². The maximum atomic E-state index is 13.6. The van der Waals surface area contributed by atoms with E-state index in [-0.39, 0.29) is 33.0 Å². The second-order valence-electron chi connectivity index (χ2n) is 7.37. The van der Waals surface area contributed by atoms with Crippen molar-refractivity contribution in [3.8, 4) is 11.5 Å². The van der Waals surface area contributed by atoms with Gasteiger partial charge in [-0.2, -0.15) is 0 Å². The minimum atomic E-state index is -0.815. The number of ether oxygens (including phenoxy) is 2. The lowest BCUT2D eigenvalue weighted by Gasteiger charge is -2.25. The molecule has 0 aliphatic carbocycles. The van der Waals surface area contributed by atoms with Gasteiger partial charge in [-0.1, -0.05) is 52.7 Å². The molecule has 0 unspecified atom stereocenters. The Hall–Kier alpha value is -3.07. The first kappa shape index (κ1) is 24.1. The van der Waals surface area contributed by atoms with Gasteiger partial charge in [0.1, 0.15) is 17.5 Å². The summed E-state index contributed by atoms with van der Waals surface area (Å²) < 4.78 is 12.6. The molecule has 1 atom stereocenters. The van der Waals surface area contributed by atoms with Crippen molar-refractivity contribution in [3.63, 3.8) is 0 Å². The zero-order valence-corrected chi connectivity index (χ0v) is 20.8. The lowest BCUT2D eigenvalue weighted by Crippen LogP contribution is -2.40. The van der Waals surface area contributed by atoms with Crippen LogP contribution in [-0.4, -0.2) is 29.4 Å². The van der Waals surface area contributed by atoms with Gasteiger partial charge in [0, 0.05) is 16.1 Å². The Morgan fingerprint density at radius 2 is 2.03 bits per heavy atom. The van der Waals surface area contributed by atoms with Gasteiger partial charge in [-0.3, -0.25) is 9.36 Å². The number of hydrogen-bond donors (Lipinski definition) is 1. The number of para-hydroxylation sites is 1. The number of thiazole rings is 1. The van der Waals surface area contributed by atoms with E-state index in [1.165, 1.54) is 29.9 Å². The molecule has 2 heterocycles. The van der Waals surface area contributed by atoms with E-state index in [9.17, 15) is 14.7 Å². The minimum Gasteiger partial charge on any atom is -0.506 e. The average Bonchev–Trinajstić information content (AvgIpc) is 3.10. The fourth-order valence-electron chi connectivity index (χ4n) is 3.82. The van der Waals surface area contributed by atoms with E-state index in [0.717, 1.165) is 11.3 Å². The molecule has 3 aromatic rings. The molecule has 0 saturated carbocycles. The molecule has 2 aromatic carbocycles. The number of methoxy groups -OCH3 is 1. The van der Waals surface area contributed by atoms with Crippen molar-refractivity contribution >= 4 is 46.6 Å². The topological polar surface area (TPSA) is 90.1 Å². The van der Waals surface area contributed by atoms with E-state index in [1.54, 1.807) is 38.1 Å². The van der Waals surface area contributed by atoms with Crippen LogP contribution in [-0.2, 0) is 9.53 Å². The molecule has 176 valence electrons. The van der Waals surface area contributed by atoms with E-state index in [4.69, 9.17) is 32.7 Å². The molecule has 10 heteroatoms. The zero-order chi connectivity index (χ0) is 24.6. The molecule has 0 saturated heterocycles. The second-order valence-corrected chi connectivity index (χ2v) is 9.22. The van der Waals surface area contributed by atoms with Crippen LogP contribution >= 0.6 is 34.5 Å². The molecule has 0 amide bonds.